The van der Waals surface area contributed by atoms with Crippen molar-refractivity contribution in [2.75, 3.05) is 0 Å². The van der Waals surface area contributed by atoms with Gasteiger partial charge in [0.15, 0.2) is 0 Å². The molecule has 0 aliphatic carbocycles. The lowest BCUT2D eigenvalue weighted by atomic mass is 9.92. The second-order valence-corrected chi connectivity index (χ2v) is 12.4. The largest absolute Gasteiger partial charge is 0.404 e. The Hall–Kier alpha value is -6.38. The Balaban J connectivity index is 1.28. The lowest BCUT2D eigenvalue weighted by Crippen LogP contribution is -1.95. The van der Waals surface area contributed by atoms with E-state index in [4.69, 9.17) is 5.73 Å². The highest BCUT2D eigenvalue weighted by Gasteiger charge is 2.17. The van der Waals surface area contributed by atoms with Gasteiger partial charge in [-0.15, -0.1) is 0 Å². The van der Waals surface area contributed by atoms with Gasteiger partial charge in [-0.1, -0.05) is 140 Å². The van der Waals surface area contributed by atoms with Crippen LogP contribution in [0.2, 0.25) is 0 Å². The van der Waals surface area contributed by atoms with E-state index in [1.54, 1.807) is 6.20 Å². The van der Waals surface area contributed by atoms with Gasteiger partial charge in [-0.05, 0) is 90.7 Å². The summed E-state index contributed by atoms with van der Waals surface area (Å²) < 4.78 is 2.44. The normalized spacial score (nSPS) is 12.0. The number of aromatic nitrogens is 1. The molecule has 8 aromatic carbocycles. The SMILES string of the molecule is C=C/C(=C\N)c1ccc(-c2ccc3c4ccc5cc(-c6ccc7ccccc7c6)ccc5c4n(-c4ccccc4)c3c2)c2ccccc12. The highest BCUT2D eigenvalue weighted by atomic mass is 15.0. The molecule has 0 aliphatic rings. The Morgan fingerprint density at radius 1 is 0.500 bits per heavy atom. The quantitative estimate of drug-likeness (QED) is 0.193. The summed E-state index contributed by atoms with van der Waals surface area (Å²) in [6, 6.07) is 57.3. The molecule has 0 amide bonds. The Morgan fingerprint density at radius 2 is 1.15 bits per heavy atom. The number of rotatable bonds is 5. The van der Waals surface area contributed by atoms with Gasteiger partial charge in [0.2, 0.25) is 0 Å². The molecule has 9 aromatic rings. The molecule has 226 valence electrons. The summed E-state index contributed by atoms with van der Waals surface area (Å²) in [7, 11) is 0. The number of nitrogens with zero attached hydrogens (tertiary/aromatic N) is 1. The monoisotopic (exact) mass is 612 g/mol. The molecule has 2 N–H and O–H groups in total. The van der Waals surface area contributed by atoms with Crippen molar-refractivity contribution in [1.29, 1.82) is 0 Å². The number of para-hydroxylation sites is 1. The predicted molar refractivity (Wildman–Crippen MR) is 207 cm³/mol. The van der Waals surface area contributed by atoms with Crippen LogP contribution in [0.3, 0.4) is 0 Å². The maximum absolute atomic E-state index is 5.99. The van der Waals surface area contributed by atoms with Crippen LogP contribution in [0.1, 0.15) is 5.56 Å². The minimum Gasteiger partial charge on any atom is -0.404 e. The smallest absolute Gasteiger partial charge is 0.0619 e. The molecule has 0 spiro atoms. The van der Waals surface area contributed by atoms with Gasteiger partial charge >= 0.3 is 0 Å². The van der Waals surface area contributed by atoms with Crippen LogP contribution in [0, 0.1) is 0 Å². The summed E-state index contributed by atoms with van der Waals surface area (Å²) in [4.78, 5) is 0. The minimum atomic E-state index is 0.924. The van der Waals surface area contributed by atoms with Crippen LogP contribution in [0.15, 0.2) is 177 Å². The lowest BCUT2D eigenvalue weighted by molar-refractivity contribution is 1.19. The molecule has 0 saturated heterocycles. The van der Waals surface area contributed by atoms with Gasteiger partial charge in [0.25, 0.3) is 0 Å². The van der Waals surface area contributed by atoms with Gasteiger partial charge in [-0.3, -0.25) is 0 Å². The molecule has 9 rings (SSSR count). The molecule has 1 aromatic heterocycles. The molecule has 48 heavy (non-hydrogen) atoms. The first-order chi connectivity index (χ1) is 23.7. The van der Waals surface area contributed by atoms with E-state index in [2.05, 4.69) is 169 Å². The third kappa shape index (κ3) is 4.35. The number of benzene rings is 8. The highest BCUT2D eigenvalue weighted by molar-refractivity contribution is 6.19. The van der Waals surface area contributed by atoms with Crippen molar-refractivity contribution in [2.24, 2.45) is 5.73 Å². The Kier molecular flexibility index (Phi) is 6.48. The molecule has 0 saturated carbocycles. The third-order valence-electron chi connectivity index (χ3n) is 9.79. The fourth-order valence-corrected chi connectivity index (χ4v) is 7.47. The van der Waals surface area contributed by atoms with E-state index in [9.17, 15) is 0 Å². The first kappa shape index (κ1) is 27.9. The van der Waals surface area contributed by atoms with Crippen molar-refractivity contribution >= 4 is 59.7 Å². The molecule has 0 fully saturated rings. The number of hydrogen-bond donors (Lipinski definition) is 1. The zero-order chi connectivity index (χ0) is 32.2. The molecule has 0 atom stereocenters. The van der Waals surface area contributed by atoms with Crippen LogP contribution >= 0.6 is 0 Å². The van der Waals surface area contributed by atoms with E-state index in [1.807, 2.05) is 6.08 Å². The number of hydrogen-bond acceptors (Lipinski definition) is 1. The first-order valence-corrected chi connectivity index (χ1v) is 16.3. The third-order valence-corrected chi connectivity index (χ3v) is 9.79. The summed E-state index contributed by atoms with van der Waals surface area (Å²) in [5, 5.41) is 9.79. The van der Waals surface area contributed by atoms with Crippen LogP contribution < -0.4 is 5.73 Å². The summed E-state index contributed by atoms with van der Waals surface area (Å²) in [6.07, 6.45) is 3.45. The van der Waals surface area contributed by atoms with Crippen LogP contribution in [-0.4, -0.2) is 4.57 Å². The van der Waals surface area contributed by atoms with Gasteiger partial charge in [-0.25, -0.2) is 0 Å². The van der Waals surface area contributed by atoms with E-state index in [0.717, 1.165) is 22.2 Å². The molecule has 0 radical (unpaired) electrons. The molecule has 0 bridgehead atoms. The van der Waals surface area contributed by atoms with Crippen molar-refractivity contribution in [3.05, 3.63) is 182 Å². The molecular formula is C46H32N2. The van der Waals surface area contributed by atoms with E-state index in [-0.39, 0.29) is 0 Å². The predicted octanol–water partition coefficient (Wildman–Crippen LogP) is 12.1. The van der Waals surface area contributed by atoms with E-state index < -0.39 is 0 Å². The Morgan fingerprint density at radius 3 is 1.96 bits per heavy atom. The van der Waals surface area contributed by atoms with E-state index in [0.29, 0.717) is 0 Å². The molecule has 2 heteroatoms. The van der Waals surface area contributed by atoms with Crippen molar-refractivity contribution in [3.8, 4) is 27.9 Å². The summed E-state index contributed by atoms with van der Waals surface area (Å²) in [6.45, 7) is 3.99. The number of allylic oxidation sites excluding steroid dienone is 2. The van der Waals surface area contributed by atoms with E-state index >= 15 is 0 Å². The Bertz CT molecular complexity index is 2750. The van der Waals surface area contributed by atoms with Crippen molar-refractivity contribution in [2.45, 2.75) is 0 Å². The number of nitrogens with two attached hydrogens (primary N) is 1. The average Bonchev–Trinajstić information content (AvgIpc) is 3.49. The molecule has 0 aliphatic heterocycles. The Labute approximate surface area is 279 Å². The maximum Gasteiger partial charge on any atom is 0.0619 e. The zero-order valence-corrected chi connectivity index (χ0v) is 26.4. The van der Waals surface area contributed by atoms with Crippen molar-refractivity contribution < 1.29 is 0 Å². The fourth-order valence-electron chi connectivity index (χ4n) is 7.47. The summed E-state index contributed by atoms with van der Waals surface area (Å²) in [5.74, 6) is 0. The molecule has 2 nitrogen and oxygen atoms in total. The van der Waals surface area contributed by atoms with Gasteiger partial charge < -0.3 is 10.3 Å². The molecular weight excluding hydrogens is 581 g/mol. The van der Waals surface area contributed by atoms with Crippen LogP contribution in [-0.2, 0) is 0 Å². The second-order valence-electron chi connectivity index (χ2n) is 12.4. The summed E-state index contributed by atoms with van der Waals surface area (Å²) in [5.41, 5.74) is 16.3. The van der Waals surface area contributed by atoms with Gasteiger partial charge in [0.05, 0.1) is 11.0 Å². The van der Waals surface area contributed by atoms with Crippen LogP contribution in [0.25, 0.3) is 87.6 Å². The van der Waals surface area contributed by atoms with Gasteiger partial charge in [-0.2, -0.15) is 0 Å². The van der Waals surface area contributed by atoms with E-state index in [1.165, 1.54) is 71.0 Å². The van der Waals surface area contributed by atoms with Gasteiger partial charge in [0, 0.05) is 28.0 Å². The number of fused-ring (bicyclic) bond motifs is 7. The fraction of sp³-hybridized carbons (Fsp3) is 0. The maximum atomic E-state index is 5.99. The average molecular weight is 613 g/mol. The summed E-state index contributed by atoms with van der Waals surface area (Å²) >= 11 is 0. The highest BCUT2D eigenvalue weighted by Crippen LogP contribution is 2.41. The van der Waals surface area contributed by atoms with Crippen molar-refractivity contribution in [3.63, 3.8) is 0 Å². The van der Waals surface area contributed by atoms with Crippen LogP contribution in [0.4, 0.5) is 0 Å². The molecule has 1 heterocycles. The zero-order valence-electron chi connectivity index (χ0n) is 26.4. The standard InChI is InChI=1S/C46H32N2/c1-2-30(29-47)38-24-25-39(42-15-9-8-14-41(38)42)36-19-22-43-44-23-20-35-27-34(33-17-16-31-10-6-7-11-32(31)26-33)18-21-40(35)46(44)48(45(43)28-36)37-12-4-3-5-13-37/h2-29H,1,47H2/b30-29+. The molecule has 0 unspecified atom stereocenters. The lowest BCUT2D eigenvalue weighted by Gasteiger charge is -2.14. The second kappa shape index (κ2) is 11.2. The van der Waals surface area contributed by atoms with Gasteiger partial charge in [0.1, 0.15) is 0 Å². The van der Waals surface area contributed by atoms with Crippen molar-refractivity contribution in [1.82, 2.24) is 4.57 Å². The first-order valence-electron chi connectivity index (χ1n) is 16.3. The minimum absolute atomic E-state index is 0.924. The topological polar surface area (TPSA) is 30.9 Å². The van der Waals surface area contributed by atoms with Crippen LogP contribution in [0.5, 0.6) is 0 Å².